The third-order valence-electron chi connectivity index (χ3n) is 5.14. The lowest BCUT2D eigenvalue weighted by Gasteiger charge is -2.11. The molecule has 0 aliphatic heterocycles. The van der Waals surface area contributed by atoms with Crippen LogP contribution in [-0.4, -0.2) is 15.1 Å². The van der Waals surface area contributed by atoms with Gasteiger partial charge in [0, 0.05) is 23.4 Å². The van der Waals surface area contributed by atoms with E-state index in [0.717, 1.165) is 30.3 Å². The summed E-state index contributed by atoms with van der Waals surface area (Å²) < 4.78 is 54.0. The fraction of sp³-hybridized carbons (Fsp3) is 0.0909. The van der Waals surface area contributed by atoms with Crippen LogP contribution in [0, 0.1) is 15.9 Å². The van der Waals surface area contributed by atoms with Gasteiger partial charge >= 0.3 is 6.18 Å². The summed E-state index contributed by atoms with van der Waals surface area (Å²) >= 11 is 0. The highest BCUT2D eigenvalue weighted by Crippen LogP contribution is 2.33. The normalized spacial score (nSPS) is 11.6. The van der Waals surface area contributed by atoms with Gasteiger partial charge < -0.3 is 5.73 Å². The number of nitrogens with two attached hydrogens (primary N) is 1. The Balaban J connectivity index is 1.80. The van der Waals surface area contributed by atoms with E-state index in [-0.39, 0.29) is 45.4 Å². The van der Waals surface area contributed by atoms with Gasteiger partial charge in [0.15, 0.2) is 0 Å². The summed E-state index contributed by atoms with van der Waals surface area (Å²) in [5, 5.41) is 17.4. The van der Waals surface area contributed by atoms with E-state index in [1.165, 1.54) is 24.3 Å². The number of nitrogens with zero attached hydrogens (tertiary/aromatic N) is 2. The number of H-pyrrole nitrogens is 1. The number of nitro benzene ring substituents is 1. The molecule has 0 fully saturated rings. The standard InChI is InChI=1S/C22H14F4N4O3/c23-17-5-1-11(7-15(17)12-2-6-18(27)20(9-12)30(32)33)8-19-16-10-13(22(24,25)26)3-4-14(16)21(31)29-28-19/h1-7,9-10H,8,27H2,(H,29,31). The Morgan fingerprint density at radius 1 is 1.03 bits per heavy atom. The van der Waals surface area contributed by atoms with Gasteiger partial charge in [-0.25, -0.2) is 9.49 Å². The maximum absolute atomic E-state index is 14.5. The second kappa shape index (κ2) is 8.01. The summed E-state index contributed by atoms with van der Waals surface area (Å²) in [6.07, 6.45) is -4.64. The zero-order valence-electron chi connectivity index (χ0n) is 16.6. The molecule has 0 saturated carbocycles. The summed E-state index contributed by atoms with van der Waals surface area (Å²) in [7, 11) is 0. The first kappa shape index (κ1) is 21.9. The highest BCUT2D eigenvalue weighted by atomic mass is 19.4. The van der Waals surface area contributed by atoms with Gasteiger partial charge in [0.05, 0.1) is 21.6 Å². The predicted octanol–water partition coefficient (Wildman–Crippen LogP) is 4.83. The summed E-state index contributed by atoms with van der Waals surface area (Å²) in [4.78, 5) is 22.5. The molecule has 4 rings (SSSR count). The Morgan fingerprint density at radius 2 is 1.79 bits per heavy atom. The van der Waals surface area contributed by atoms with Crippen molar-refractivity contribution in [3.63, 3.8) is 0 Å². The van der Waals surface area contributed by atoms with E-state index in [9.17, 15) is 32.5 Å². The van der Waals surface area contributed by atoms with E-state index in [1.807, 2.05) is 0 Å². The number of aromatic nitrogens is 2. The van der Waals surface area contributed by atoms with Gasteiger partial charge in [-0.05, 0) is 47.5 Å². The van der Waals surface area contributed by atoms with Crippen molar-refractivity contribution in [3.8, 4) is 11.1 Å². The molecular formula is C22H14F4N4O3. The van der Waals surface area contributed by atoms with Crippen molar-refractivity contribution in [2.45, 2.75) is 12.6 Å². The van der Waals surface area contributed by atoms with Crippen molar-refractivity contribution in [1.82, 2.24) is 10.2 Å². The lowest BCUT2D eigenvalue weighted by molar-refractivity contribution is -0.383. The first-order valence-electron chi connectivity index (χ1n) is 9.46. The predicted molar refractivity (Wildman–Crippen MR) is 113 cm³/mol. The summed E-state index contributed by atoms with van der Waals surface area (Å²) in [5.74, 6) is -0.656. The number of hydrogen-bond acceptors (Lipinski definition) is 5. The number of nitrogen functional groups attached to an aromatic ring is 1. The zero-order chi connectivity index (χ0) is 23.9. The molecule has 0 atom stereocenters. The number of nitro groups is 1. The van der Waals surface area contributed by atoms with Crippen LogP contribution < -0.4 is 11.3 Å². The van der Waals surface area contributed by atoms with Crippen LogP contribution in [0.2, 0.25) is 0 Å². The van der Waals surface area contributed by atoms with Crippen LogP contribution in [-0.2, 0) is 12.6 Å². The molecule has 0 saturated heterocycles. The third-order valence-corrected chi connectivity index (χ3v) is 5.14. The second-order valence-corrected chi connectivity index (χ2v) is 7.28. The molecule has 0 unspecified atom stereocenters. The van der Waals surface area contributed by atoms with E-state index < -0.39 is 28.0 Å². The van der Waals surface area contributed by atoms with Gasteiger partial charge in [0.1, 0.15) is 11.5 Å². The molecular weight excluding hydrogens is 444 g/mol. The van der Waals surface area contributed by atoms with Crippen LogP contribution in [0.5, 0.6) is 0 Å². The Labute approximate surface area is 182 Å². The van der Waals surface area contributed by atoms with Gasteiger partial charge in [-0.3, -0.25) is 14.9 Å². The quantitative estimate of drug-likeness (QED) is 0.197. The average Bonchev–Trinajstić information content (AvgIpc) is 2.76. The highest BCUT2D eigenvalue weighted by molar-refractivity contribution is 5.84. The largest absolute Gasteiger partial charge is 0.416 e. The van der Waals surface area contributed by atoms with E-state index >= 15 is 0 Å². The molecule has 4 aromatic rings. The van der Waals surface area contributed by atoms with Gasteiger partial charge in [0.25, 0.3) is 11.2 Å². The van der Waals surface area contributed by atoms with Crippen molar-refractivity contribution in [2.24, 2.45) is 0 Å². The van der Waals surface area contributed by atoms with E-state index in [2.05, 4.69) is 10.2 Å². The van der Waals surface area contributed by atoms with Crippen molar-refractivity contribution in [1.29, 1.82) is 0 Å². The molecule has 1 heterocycles. The topological polar surface area (TPSA) is 115 Å². The number of anilines is 1. The number of alkyl halides is 3. The van der Waals surface area contributed by atoms with Crippen LogP contribution in [0.25, 0.3) is 21.9 Å². The number of rotatable bonds is 4. The molecule has 0 aliphatic carbocycles. The maximum atomic E-state index is 14.5. The molecule has 0 bridgehead atoms. The van der Waals surface area contributed by atoms with Crippen molar-refractivity contribution >= 4 is 22.1 Å². The van der Waals surface area contributed by atoms with Gasteiger partial charge in [-0.2, -0.15) is 18.3 Å². The first-order valence-corrected chi connectivity index (χ1v) is 9.46. The van der Waals surface area contributed by atoms with E-state index in [1.54, 1.807) is 0 Å². The first-order chi connectivity index (χ1) is 15.5. The third kappa shape index (κ3) is 4.25. The molecule has 3 N–H and O–H groups in total. The lowest BCUT2D eigenvalue weighted by atomic mass is 9.97. The van der Waals surface area contributed by atoms with Crippen molar-refractivity contribution in [3.05, 3.63) is 97.7 Å². The van der Waals surface area contributed by atoms with Crippen molar-refractivity contribution in [2.75, 3.05) is 5.73 Å². The van der Waals surface area contributed by atoms with Crippen LogP contribution in [0.4, 0.5) is 28.9 Å². The zero-order valence-corrected chi connectivity index (χ0v) is 16.6. The molecule has 0 amide bonds. The van der Waals surface area contributed by atoms with Crippen molar-refractivity contribution < 1.29 is 22.5 Å². The smallest absolute Gasteiger partial charge is 0.393 e. The van der Waals surface area contributed by atoms with Gasteiger partial charge in [-0.15, -0.1) is 0 Å². The number of nitrogens with one attached hydrogen (secondary N) is 1. The Kier molecular flexibility index (Phi) is 5.32. The molecule has 168 valence electrons. The molecule has 0 radical (unpaired) electrons. The number of halogens is 4. The Morgan fingerprint density at radius 3 is 2.48 bits per heavy atom. The van der Waals surface area contributed by atoms with Gasteiger partial charge in [0.2, 0.25) is 0 Å². The van der Waals surface area contributed by atoms with Crippen LogP contribution >= 0.6 is 0 Å². The average molecular weight is 458 g/mol. The number of benzene rings is 3. The summed E-state index contributed by atoms with van der Waals surface area (Å²) in [6, 6.07) is 10.6. The highest BCUT2D eigenvalue weighted by Gasteiger charge is 2.31. The van der Waals surface area contributed by atoms with Crippen LogP contribution in [0.1, 0.15) is 16.8 Å². The number of hydrogen-bond donors (Lipinski definition) is 2. The summed E-state index contributed by atoms with van der Waals surface area (Å²) in [5.41, 5.74) is 4.41. The van der Waals surface area contributed by atoms with Gasteiger partial charge in [-0.1, -0.05) is 12.1 Å². The van der Waals surface area contributed by atoms with E-state index in [0.29, 0.717) is 5.56 Å². The molecule has 0 spiro atoms. The second-order valence-electron chi connectivity index (χ2n) is 7.28. The summed E-state index contributed by atoms with van der Waals surface area (Å²) in [6.45, 7) is 0. The van der Waals surface area contributed by atoms with Crippen LogP contribution in [0.3, 0.4) is 0 Å². The monoisotopic (exact) mass is 458 g/mol. The van der Waals surface area contributed by atoms with E-state index in [4.69, 9.17) is 5.73 Å². The molecule has 7 nitrogen and oxygen atoms in total. The molecule has 0 aliphatic rings. The molecule has 33 heavy (non-hydrogen) atoms. The minimum Gasteiger partial charge on any atom is -0.393 e. The Hall–Kier alpha value is -4.28. The SMILES string of the molecule is Nc1ccc(-c2cc(Cc3n[nH]c(=O)c4ccc(C(F)(F)F)cc34)ccc2F)cc1[N+](=O)[O-]. The fourth-order valence-corrected chi connectivity index (χ4v) is 3.50. The number of aromatic amines is 1. The minimum atomic E-state index is -4.61. The maximum Gasteiger partial charge on any atom is 0.416 e. The Bertz CT molecular complexity index is 1460. The lowest BCUT2D eigenvalue weighted by Crippen LogP contribution is -2.13. The minimum absolute atomic E-state index is 0.0163. The molecule has 3 aromatic carbocycles. The fourth-order valence-electron chi connectivity index (χ4n) is 3.50. The number of fused-ring (bicyclic) bond motifs is 1. The molecule has 1 aromatic heterocycles. The molecule has 11 heteroatoms. The van der Waals surface area contributed by atoms with Crippen LogP contribution in [0.15, 0.2) is 59.4 Å².